The van der Waals surface area contributed by atoms with Crippen LogP contribution in [0.5, 0.6) is 0 Å². The molecule has 0 unspecified atom stereocenters. The Labute approximate surface area is 121 Å². The zero-order chi connectivity index (χ0) is 14.7. The van der Waals surface area contributed by atoms with E-state index in [1.54, 1.807) is 0 Å². The molecule has 0 aliphatic carbocycles. The minimum Gasteiger partial charge on any atom is -0.348 e. The quantitative estimate of drug-likeness (QED) is 0.902. The van der Waals surface area contributed by atoms with E-state index >= 15 is 0 Å². The van der Waals surface area contributed by atoms with Crippen molar-refractivity contribution in [3.8, 4) is 0 Å². The van der Waals surface area contributed by atoms with Crippen LogP contribution in [0.2, 0.25) is 0 Å². The van der Waals surface area contributed by atoms with Gasteiger partial charge in [0.15, 0.2) is 11.6 Å². The summed E-state index contributed by atoms with van der Waals surface area (Å²) in [6, 6.07) is 7.30. The molecule has 6 heteroatoms. The van der Waals surface area contributed by atoms with E-state index in [9.17, 15) is 18.0 Å². The van der Waals surface area contributed by atoms with E-state index in [4.69, 9.17) is 0 Å². The second-order valence-electron chi connectivity index (χ2n) is 4.06. The van der Waals surface area contributed by atoms with Gasteiger partial charge in [0.05, 0.1) is 4.47 Å². The molecule has 2 aromatic carbocycles. The number of rotatable bonds is 3. The lowest BCUT2D eigenvalue weighted by Crippen LogP contribution is -2.23. The van der Waals surface area contributed by atoms with E-state index in [0.717, 1.165) is 18.2 Å². The van der Waals surface area contributed by atoms with Crippen molar-refractivity contribution in [3.63, 3.8) is 0 Å². The maximum absolute atomic E-state index is 13.3. The van der Waals surface area contributed by atoms with Crippen molar-refractivity contribution in [1.29, 1.82) is 0 Å². The summed E-state index contributed by atoms with van der Waals surface area (Å²) in [5.74, 6) is -2.98. The molecule has 104 valence electrons. The topological polar surface area (TPSA) is 29.1 Å². The molecule has 0 atom stereocenters. The van der Waals surface area contributed by atoms with Crippen LogP contribution in [0.1, 0.15) is 15.9 Å². The predicted octanol–water partition coefficient (Wildman–Crippen LogP) is 3.80. The van der Waals surface area contributed by atoms with Gasteiger partial charge in [0.2, 0.25) is 0 Å². The molecule has 20 heavy (non-hydrogen) atoms. The fourth-order valence-electron chi connectivity index (χ4n) is 1.57. The van der Waals surface area contributed by atoms with Crippen LogP contribution >= 0.6 is 15.9 Å². The number of halogens is 4. The Morgan fingerprint density at radius 3 is 2.40 bits per heavy atom. The van der Waals surface area contributed by atoms with Gasteiger partial charge in [0.25, 0.3) is 5.91 Å². The summed E-state index contributed by atoms with van der Waals surface area (Å²) in [4.78, 5) is 11.8. The van der Waals surface area contributed by atoms with Crippen molar-refractivity contribution in [2.45, 2.75) is 6.54 Å². The second-order valence-corrected chi connectivity index (χ2v) is 4.91. The lowest BCUT2D eigenvalue weighted by molar-refractivity contribution is 0.0950. The third-order valence-electron chi connectivity index (χ3n) is 2.62. The van der Waals surface area contributed by atoms with Crippen molar-refractivity contribution < 1.29 is 18.0 Å². The summed E-state index contributed by atoms with van der Waals surface area (Å²) < 4.78 is 39.3. The van der Waals surface area contributed by atoms with Gasteiger partial charge >= 0.3 is 0 Å². The third kappa shape index (κ3) is 3.39. The monoisotopic (exact) mass is 343 g/mol. The first-order valence-electron chi connectivity index (χ1n) is 5.64. The number of nitrogens with one attached hydrogen (secondary N) is 1. The van der Waals surface area contributed by atoms with Gasteiger partial charge in [-0.25, -0.2) is 13.2 Å². The van der Waals surface area contributed by atoms with E-state index in [-0.39, 0.29) is 16.6 Å². The molecule has 0 aliphatic heterocycles. The highest BCUT2D eigenvalue weighted by Gasteiger charge is 2.09. The highest BCUT2D eigenvalue weighted by atomic mass is 79.9. The molecule has 0 spiro atoms. The van der Waals surface area contributed by atoms with Gasteiger partial charge in [0.1, 0.15) is 5.82 Å². The van der Waals surface area contributed by atoms with Gasteiger partial charge in [-0.1, -0.05) is 6.07 Å². The van der Waals surface area contributed by atoms with E-state index in [1.165, 1.54) is 18.2 Å². The van der Waals surface area contributed by atoms with Gasteiger partial charge in [-0.3, -0.25) is 4.79 Å². The SMILES string of the molecule is O=C(NCc1ccc(F)c(F)c1)c1ccc(Br)c(F)c1. The summed E-state index contributed by atoms with van der Waals surface area (Å²) in [6.45, 7) is 0.0215. The number of amides is 1. The summed E-state index contributed by atoms with van der Waals surface area (Å²) in [6.07, 6.45) is 0. The Hall–Kier alpha value is -1.82. The smallest absolute Gasteiger partial charge is 0.251 e. The van der Waals surface area contributed by atoms with Crippen molar-refractivity contribution in [2.24, 2.45) is 0 Å². The van der Waals surface area contributed by atoms with Gasteiger partial charge in [-0.2, -0.15) is 0 Å². The van der Waals surface area contributed by atoms with Crippen LogP contribution in [-0.4, -0.2) is 5.91 Å². The molecule has 1 N–H and O–H groups in total. The highest BCUT2D eigenvalue weighted by molar-refractivity contribution is 9.10. The van der Waals surface area contributed by atoms with Gasteiger partial charge in [-0.15, -0.1) is 0 Å². The third-order valence-corrected chi connectivity index (χ3v) is 3.26. The van der Waals surface area contributed by atoms with Crippen LogP contribution in [0, 0.1) is 17.5 Å². The summed E-state index contributed by atoms with van der Waals surface area (Å²) in [7, 11) is 0. The lowest BCUT2D eigenvalue weighted by Gasteiger charge is -2.06. The lowest BCUT2D eigenvalue weighted by atomic mass is 10.2. The van der Waals surface area contributed by atoms with Gasteiger partial charge in [0, 0.05) is 12.1 Å². The number of benzene rings is 2. The Morgan fingerprint density at radius 1 is 1.00 bits per heavy atom. The van der Waals surface area contributed by atoms with E-state index in [1.807, 2.05) is 0 Å². The number of carbonyl (C=O) groups is 1. The molecule has 0 bridgehead atoms. The number of hydrogen-bond acceptors (Lipinski definition) is 1. The first-order valence-corrected chi connectivity index (χ1v) is 6.44. The van der Waals surface area contributed by atoms with Gasteiger partial charge < -0.3 is 5.32 Å². The minimum atomic E-state index is -0.980. The Balaban J connectivity index is 2.04. The van der Waals surface area contributed by atoms with Gasteiger partial charge in [-0.05, 0) is 51.8 Å². The zero-order valence-electron chi connectivity index (χ0n) is 10.1. The Morgan fingerprint density at radius 2 is 1.75 bits per heavy atom. The molecule has 2 nitrogen and oxygen atoms in total. The first kappa shape index (κ1) is 14.6. The molecule has 0 saturated heterocycles. The van der Waals surface area contributed by atoms with Crippen molar-refractivity contribution in [3.05, 3.63) is 69.4 Å². The Bertz CT molecular complexity index is 661. The van der Waals surface area contributed by atoms with Crippen LogP contribution in [0.4, 0.5) is 13.2 Å². The zero-order valence-corrected chi connectivity index (χ0v) is 11.7. The first-order chi connectivity index (χ1) is 9.47. The maximum atomic E-state index is 13.3. The van der Waals surface area contributed by atoms with Crippen molar-refractivity contribution >= 4 is 21.8 Å². The molecule has 0 saturated carbocycles. The molecular weight excluding hydrogens is 335 g/mol. The minimum absolute atomic E-state index is 0.0215. The molecule has 0 heterocycles. The van der Waals surface area contributed by atoms with Crippen LogP contribution < -0.4 is 5.32 Å². The van der Waals surface area contributed by atoms with E-state index in [2.05, 4.69) is 21.2 Å². The summed E-state index contributed by atoms with van der Waals surface area (Å²) >= 11 is 2.99. The molecule has 0 fully saturated rings. The standard InChI is InChI=1S/C14H9BrF3NO/c15-10-3-2-9(6-12(10)17)14(20)19-7-8-1-4-11(16)13(18)5-8/h1-6H,7H2,(H,19,20). The fourth-order valence-corrected chi connectivity index (χ4v) is 1.82. The molecular formula is C14H9BrF3NO. The molecule has 1 amide bonds. The predicted molar refractivity (Wildman–Crippen MR) is 71.6 cm³/mol. The Kier molecular flexibility index (Phi) is 4.44. The number of hydrogen-bond donors (Lipinski definition) is 1. The normalized spacial score (nSPS) is 10.4. The van der Waals surface area contributed by atoms with Crippen LogP contribution in [0.15, 0.2) is 40.9 Å². The average molecular weight is 344 g/mol. The molecule has 0 aromatic heterocycles. The van der Waals surface area contributed by atoms with Crippen LogP contribution in [0.3, 0.4) is 0 Å². The fraction of sp³-hybridized carbons (Fsp3) is 0.0714. The average Bonchev–Trinajstić information content (AvgIpc) is 2.43. The van der Waals surface area contributed by atoms with Crippen molar-refractivity contribution in [2.75, 3.05) is 0 Å². The molecule has 0 aliphatic rings. The maximum Gasteiger partial charge on any atom is 0.251 e. The van der Waals surface area contributed by atoms with E-state index < -0.39 is 23.4 Å². The van der Waals surface area contributed by atoms with E-state index in [0.29, 0.717) is 5.56 Å². The second kappa shape index (κ2) is 6.09. The molecule has 2 rings (SSSR count). The van der Waals surface area contributed by atoms with Crippen molar-refractivity contribution in [1.82, 2.24) is 5.32 Å². The number of carbonyl (C=O) groups excluding carboxylic acids is 1. The van der Waals surface area contributed by atoms with Crippen LogP contribution in [-0.2, 0) is 6.54 Å². The summed E-state index contributed by atoms with van der Waals surface area (Å²) in [5.41, 5.74) is 0.558. The molecule has 2 aromatic rings. The molecule has 0 radical (unpaired) electrons. The van der Waals surface area contributed by atoms with Crippen LogP contribution in [0.25, 0.3) is 0 Å². The highest BCUT2D eigenvalue weighted by Crippen LogP contribution is 2.16. The largest absolute Gasteiger partial charge is 0.348 e. The summed E-state index contributed by atoms with van der Waals surface area (Å²) in [5, 5.41) is 2.50.